The number of hydrogen-bond donors (Lipinski definition) is 2. The van der Waals surface area contributed by atoms with Crippen LogP contribution < -0.4 is 5.32 Å². The highest BCUT2D eigenvalue weighted by Gasteiger charge is 2.41. The average molecular weight is 514 g/mol. The fourth-order valence-corrected chi connectivity index (χ4v) is 6.57. The van der Waals surface area contributed by atoms with Gasteiger partial charge in [0.2, 0.25) is 0 Å². The molecular weight excluding hydrogens is 462 g/mol. The van der Waals surface area contributed by atoms with Crippen LogP contribution in [0, 0.1) is 23.2 Å². The first-order valence-electron chi connectivity index (χ1n) is 12.5. The third-order valence-electron chi connectivity index (χ3n) is 8.15. The summed E-state index contributed by atoms with van der Waals surface area (Å²) >= 11 is 6.38. The molecule has 1 aliphatic heterocycles. The number of para-hydroxylation sites is 1. The SMILES string of the molecule is C.CC(C)[C@H](CN1CC[C@H](C2CCC(Cl)CC2)C(C)(C)C1)NCc1cccc2cc[nH]c12.O.O.O. The number of rotatable bonds is 7. The molecule has 1 aromatic carbocycles. The van der Waals surface area contributed by atoms with Crippen molar-refractivity contribution in [2.45, 2.75) is 85.2 Å². The first-order valence-corrected chi connectivity index (χ1v) is 12.9. The Kier molecular flexibility index (Phi) is 14.1. The van der Waals surface area contributed by atoms with Gasteiger partial charge in [0, 0.05) is 42.8 Å². The van der Waals surface area contributed by atoms with Crippen molar-refractivity contribution < 1.29 is 16.4 Å². The van der Waals surface area contributed by atoms with Crippen LogP contribution in [-0.2, 0) is 6.54 Å². The summed E-state index contributed by atoms with van der Waals surface area (Å²) < 4.78 is 0. The number of alkyl halides is 1. The van der Waals surface area contributed by atoms with Crippen molar-refractivity contribution in [3.8, 4) is 0 Å². The summed E-state index contributed by atoms with van der Waals surface area (Å²) in [6.07, 6.45) is 8.49. The number of halogens is 1. The van der Waals surface area contributed by atoms with E-state index >= 15 is 0 Å². The maximum atomic E-state index is 6.38. The van der Waals surface area contributed by atoms with Gasteiger partial charge in [0.15, 0.2) is 0 Å². The van der Waals surface area contributed by atoms with Crippen LogP contribution in [0.15, 0.2) is 30.5 Å². The largest absolute Gasteiger partial charge is 0.412 e. The van der Waals surface area contributed by atoms with Crippen molar-refractivity contribution in [3.05, 3.63) is 36.0 Å². The van der Waals surface area contributed by atoms with Crippen LogP contribution in [0.1, 0.15) is 72.8 Å². The minimum atomic E-state index is 0. The van der Waals surface area contributed by atoms with Crippen molar-refractivity contribution in [1.82, 2.24) is 15.2 Å². The summed E-state index contributed by atoms with van der Waals surface area (Å²) in [6.45, 7) is 14.3. The van der Waals surface area contributed by atoms with E-state index in [-0.39, 0.29) is 23.9 Å². The van der Waals surface area contributed by atoms with Gasteiger partial charge in [0.25, 0.3) is 0 Å². The molecule has 1 aliphatic carbocycles. The molecule has 2 aliphatic rings. The van der Waals surface area contributed by atoms with Crippen molar-refractivity contribution in [2.24, 2.45) is 23.2 Å². The molecular formula is C28H52ClN3O3. The molecule has 1 saturated carbocycles. The topological polar surface area (TPSA) is 126 Å². The lowest BCUT2D eigenvalue weighted by Crippen LogP contribution is -2.53. The summed E-state index contributed by atoms with van der Waals surface area (Å²) in [5.74, 6) is 2.35. The molecule has 0 radical (unpaired) electrons. The van der Waals surface area contributed by atoms with Gasteiger partial charge in [-0.05, 0) is 78.8 Å². The van der Waals surface area contributed by atoms with E-state index in [1.807, 2.05) is 6.20 Å². The van der Waals surface area contributed by atoms with E-state index in [0.29, 0.717) is 22.8 Å². The molecule has 8 N–H and O–H groups in total. The zero-order chi connectivity index (χ0) is 22.0. The number of fused-ring (bicyclic) bond motifs is 1. The number of aromatic nitrogens is 1. The Labute approximate surface area is 218 Å². The van der Waals surface area contributed by atoms with Gasteiger partial charge >= 0.3 is 0 Å². The quantitative estimate of drug-likeness (QED) is 0.525. The first kappa shape index (κ1) is 33.8. The Morgan fingerprint density at radius 1 is 1.06 bits per heavy atom. The van der Waals surface area contributed by atoms with Crippen LogP contribution in [0.5, 0.6) is 0 Å². The molecule has 4 rings (SSSR count). The number of piperidine rings is 1. The summed E-state index contributed by atoms with van der Waals surface area (Å²) in [7, 11) is 0. The van der Waals surface area contributed by atoms with Gasteiger partial charge in [-0.2, -0.15) is 0 Å². The Morgan fingerprint density at radius 2 is 1.74 bits per heavy atom. The number of aromatic amines is 1. The molecule has 0 unspecified atom stereocenters. The number of H-pyrrole nitrogens is 1. The number of hydrogen-bond acceptors (Lipinski definition) is 2. The molecule has 0 amide bonds. The minimum absolute atomic E-state index is 0. The smallest absolute Gasteiger partial charge is 0.0499 e. The first-order chi connectivity index (χ1) is 14.8. The van der Waals surface area contributed by atoms with Crippen LogP contribution in [0.4, 0.5) is 0 Å². The lowest BCUT2D eigenvalue weighted by atomic mass is 9.64. The van der Waals surface area contributed by atoms with Gasteiger partial charge < -0.3 is 31.6 Å². The third-order valence-corrected chi connectivity index (χ3v) is 8.59. The number of benzene rings is 1. The molecule has 6 nitrogen and oxygen atoms in total. The van der Waals surface area contributed by atoms with Gasteiger partial charge in [-0.15, -0.1) is 11.6 Å². The molecule has 2 fully saturated rings. The predicted molar refractivity (Wildman–Crippen MR) is 151 cm³/mol. The Hall–Kier alpha value is -1.15. The molecule has 2 aromatic rings. The summed E-state index contributed by atoms with van der Waals surface area (Å²) in [5.41, 5.74) is 3.02. The van der Waals surface area contributed by atoms with E-state index in [4.69, 9.17) is 11.6 Å². The zero-order valence-corrected chi connectivity index (χ0v) is 22.2. The summed E-state index contributed by atoms with van der Waals surface area (Å²) in [4.78, 5) is 6.15. The van der Waals surface area contributed by atoms with Crippen molar-refractivity contribution in [3.63, 3.8) is 0 Å². The maximum Gasteiger partial charge on any atom is 0.0499 e. The number of nitrogens with one attached hydrogen (secondary N) is 2. The van der Waals surface area contributed by atoms with Crippen LogP contribution >= 0.6 is 11.6 Å². The number of nitrogens with zero attached hydrogens (tertiary/aromatic N) is 1. The standard InChI is InChI=1S/C27H42ClN3.CH4.3H2O/c1-19(2)25(30-16-22-7-5-6-21-12-14-29-26(21)22)17-31-15-13-24(27(3,4)18-31)20-8-10-23(28)11-9-20;;;;/h5-7,12,14,19-20,23-25,29-30H,8-11,13,15-18H2,1-4H3;1H4;3*1H2/t20?,23?,24-,25+;;;;/m1..../s1. The molecule has 204 valence electrons. The molecule has 35 heavy (non-hydrogen) atoms. The molecule has 1 saturated heterocycles. The van der Waals surface area contributed by atoms with E-state index < -0.39 is 0 Å². The molecule has 1 aromatic heterocycles. The highest BCUT2D eigenvalue weighted by Crippen LogP contribution is 2.45. The Morgan fingerprint density at radius 3 is 2.37 bits per heavy atom. The molecule has 2 atom stereocenters. The highest BCUT2D eigenvalue weighted by atomic mass is 35.5. The molecule has 0 spiro atoms. The fraction of sp³-hybridized carbons (Fsp3) is 0.714. The van der Waals surface area contributed by atoms with Crippen molar-refractivity contribution >= 4 is 22.5 Å². The average Bonchev–Trinajstić information content (AvgIpc) is 3.21. The van der Waals surface area contributed by atoms with E-state index in [1.165, 1.54) is 61.7 Å². The number of likely N-dealkylation sites (tertiary alicyclic amines) is 1. The Bertz CT molecular complexity index is 849. The highest BCUT2D eigenvalue weighted by molar-refractivity contribution is 6.20. The lowest BCUT2D eigenvalue weighted by molar-refractivity contribution is 0.00476. The van der Waals surface area contributed by atoms with Crippen LogP contribution in [0.25, 0.3) is 10.9 Å². The van der Waals surface area contributed by atoms with Gasteiger partial charge in [0.1, 0.15) is 0 Å². The molecule has 0 bridgehead atoms. The van der Waals surface area contributed by atoms with Crippen LogP contribution in [0.2, 0.25) is 0 Å². The second-order valence-corrected chi connectivity index (χ2v) is 11.8. The summed E-state index contributed by atoms with van der Waals surface area (Å²) in [6, 6.07) is 9.26. The van der Waals surface area contributed by atoms with Gasteiger partial charge in [-0.25, -0.2) is 0 Å². The van der Waals surface area contributed by atoms with Crippen molar-refractivity contribution in [2.75, 3.05) is 19.6 Å². The lowest BCUT2D eigenvalue weighted by Gasteiger charge is -2.49. The van der Waals surface area contributed by atoms with E-state index in [9.17, 15) is 0 Å². The van der Waals surface area contributed by atoms with E-state index in [2.05, 4.69) is 67.2 Å². The van der Waals surface area contributed by atoms with Gasteiger partial charge in [-0.1, -0.05) is 53.3 Å². The predicted octanol–water partition coefficient (Wildman–Crippen LogP) is 4.59. The van der Waals surface area contributed by atoms with Gasteiger partial charge in [0.05, 0.1) is 0 Å². The monoisotopic (exact) mass is 513 g/mol. The fourth-order valence-electron chi connectivity index (χ4n) is 6.32. The Balaban J connectivity index is 0.00000289. The van der Waals surface area contributed by atoms with Crippen molar-refractivity contribution in [1.29, 1.82) is 0 Å². The van der Waals surface area contributed by atoms with Crippen LogP contribution in [-0.4, -0.2) is 57.4 Å². The molecule has 7 heteroatoms. The van der Waals surface area contributed by atoms with Gasteiger partial charge in [-0.3, -0.25) is 0 Å². The minimum Gasteiger partial charge on any atom is -0.412 e. The normalized spacial score (nSPS) is 25.0. The second kappa shape index (κ2) is 14.6. The third kappa shape index (κ3) is 8.17. The zero-order valence-electron chi connectivity index (χ0n) is 21.5. The van der Waals surface area contributed by atoms with E-state index in [1.54, 1.807) is 0 Å². The van der Waals surface area contributed by atoms with Crippen LogP contribution in [0.3, 0.4) is 0 Å². The maximum absolute atomic E-state index is 6.38. The summed E-state index contributed by atoms with van der Waals surface area (Å²) in [5, 5.41) is 5.62. The second-order valence-electron chi connectivity index (χ2n) is 11.2. The molecule has 2 heterocycles. The van der Waals surface area contributed by atoms with E-state index in [0.717, 1.165) is 24.9 Å².